The molecule has 8 heteroatoms. The van der Waals surface area contributed by atoms with E-state index >= 15 is 0 Å². The van der Waals surface area contributed by atoms with Gasteiger partial charge >= 0.3 is 0 Å². The minimum Gasteiger partial charge on any atom is -0.364 e. The Labute approximate surface area is 110 Å². The highest BCUT2D eigenvalue weighted by Gasteiger charge is 2.23. The van der Waals surface area contributed by atoms with E-state index in [0.29, 0.717) is 5.69 Å². The number of anilines is 1. The zero-order valence-corrected chi connectivity index (χ0v) is 10.9. The average molecular weight is 291 g/mol. The highest BCUT2D eigenvalue weighted by Crippen LogP contribution is 2.26. The SMILES string of the molecule is Cc1nc(CN(C)c2c(F)c(F)nc(F)c2F)cs1. The Morgan fingerprint density at radius 2 is 1.68 bits per heavy atom. The average Bonchev–Trinajstić information content (AvgIpc) is 2.72. The molecular weight excluding hydrogens is 282 g/mol. The monoisotopic (exact) mass is 291 g/mol. The van der Waals surface area contributed by atoms with Gasteiger partial charge in [0, 0.05) is 12.4 Å². The minimum atomic E-state index is -1.67. The lowest BCUT2D eigenvalue weighted by molar-refractivity contribution is 0.406. The Balaban J connectivity index is 2.36. The molecule has 2 aromatic heterocycles. The molecule has 19 heavy (non-hydrogen) atoms. The largest absolute Gasteiger partial charge is 0.364 e. The molecule has 102 valence electrons. The van der Waals surface area contributed by atoms with Gasteiger partial charge < -0.3 is 4.90 Å². The summed E-state index contributed by atoms with van der Waals surface area (Å²) in [4.78, 5) is 7.66. The third-order valence-corrected chi connectivity index (χ3v) is 3.24. The number of thiazole rings is 1. The highest BCUT2D eigenvalue weighted by molar-refractivity contribution is 7.09. The molecule has 0 unspecified atom stereocenters. The van der Waals surface area contributed by atoms with Crippen LogP contribution in [0.25, 0.3) is 0 Å². The molecule has 0 aliphatic rings. The summed E-state index contributed by atoms with van der Waals surface area (Å²) in [6.07, 6.45) is 0. The Morgan fingerprint density at radius 3 is 2.16 bits per heavy atom. The standard InChI is InChI=1S/C11H9F4N3S/c1-5-16-6(4-19-5)3-18(2)9-7(12)10(14)17-11(15)8(9)13/h4H,3H2,1-2H3. The normalized spacial score (nSPS) is 10.8. The quantitative estimate of drug-likeness (QED) is 0.643. The van der Waals surface area contributed by atoms with Gasteiger partial charge in [-0.3, -0.25) is 0 Å². The van der Waals surface area contributed by atoms with Crippen molar-refractivity contribution in [2.24, 2.45) is 0 Å². The van der Waals surface area contributed by atoms with Gasteiger partial charge in [-0.05, 0) is 6.92 Å². The fraction of sp³-hybridized carbons (Fsp3) is 0.273. The number of nitrogens with zero attached hydrogens (tertiary/aromatic N) is 3. The molecule has 2 rings (SSSR count). The number of rotatable bonds is 3. The second kappa shape index (κ2) is 5.12. The molecule has 0 spiro atoms. The second-order valence-corrected chi connectivity index (χ2v) is 4.95. The van der Waals surface area contributed by atoms with Crippen LogP contribution < -0.4 is 4.90 Å². The molecular formula is C11H9F4N3S. The maximum absolute atomic E-state index is 13.5. The number of aryl methyl sites for hydroxylation is 1. The Morgan fingerprint density at radius 1 is 1.11 bits per heavy atom. The Bertz CT molecular complexity index is 588. The lowest BCUT2D eigenvalue weighted by Crippen LogP contribution is -2.21. The van der Waals surface area contributed by atoms with E-state index in [1.165, 1.54) is 18.4 Å². The first-order valence-electron chi connectivity index (χ1n) is 5.22. The molecule has 0 bridgehead atoms. The highest BCUT2D eigenvalue weighted by atomic mass is 32.1. The summed E-state index contributed by atoms with van der Waals surface area (Å²) in [7, 11) is 1.31. The summed E-state index contributed by atoms with van der Waals surface area (Å²) in [5.41, 5.74) is -0.239. The number of halogens is 4. The number of pyridine rings is 1. The van der Waals surface area contributed by atoms with Gasteiger partial charge in [-0.2, -0.15) is 22.5 Å². The van der Waals surface area contributed by atoms with Gasteiger partial charge in [0.1, 0.15) is 5.69 Å². The van der Waals surface area contributed by atoms with E-state index in [-0.39, 0.29) is 6.54 Å². The van der Waals surface area contributed by atoms with E-state index in [0.717, 1.165) is 9.91 Å². The molecule has 0 amide bonds. The Hall–Kier alpha value is -1.70. The first kappa shape index (κ1) is 13.7. The van der Waals surface area contributed by atoms with E-state index in [1.54, 1.807) is 12.3 Å². The summed E-state index contributed by atoms with van der Waals surface area (Å²) >= 11 is 1.37. The lowest BCUT2D eigenvalue weighted by atomic mass is 10.3. The van der Waals surface area contributed by atoms with Gasteiger partial charge in [-0.1, -0.05) is 0 Å². The third kappa shape index (κ3) is 2.67. The van der Waals surface area contributed by atoms with Crippen LogP contribution in [-0.2, 0) is 6.54 Å². The fourth-order valence-electron chi connectivity index (χ4n) is 1.61. The molecule has 2 aromatic rings. The van der Waals surface area contributed by atoms with Gasteiger partial charge in [0.15, 0.2) is 0 Å². The zero-order chi connectivity index (χ0) is 14.2. The van der Waals surface area contributed by atoms with Crippen molar-refractivity contribution in [3.63, 3.8) is 0 Å². The maximum Gasteiger partial charge on any atom is 0.253 e. The van der Waals surface area contributed by atoms with Crippen molar-refractivity contribution >= 4 is 17.0 Å². The molecule has 0 fully saturated rings. The smallest absolute Gasteiger partial charge is 0.253 e. The van der Waals surface area contributed by atoms with E-state index in [9.17, 15) is 17.6 Å². The van der Waals surface area contributed by atoms with Gasteiger partial charge in [-0.25, -0.2) is 4.98 Å². The van der Waals surface area contributed by atoms with Crippen molar-refractivity contribution in [3.05, 3.63) is 39.6 Å². The Kier molecular flexibility index (Phi) is 3.70. The minimum absolute atomic E-state index is 0.0288. The van der Waals surface area contributed by atoms with E-state index in [4.69, 9.17) is 0 Å². The van der Waals surface area contributed by atoms with Crippen LogP contribution in [0.3, 0.4) is 0 Å². The maximum atomic E-state index is 13.5. The van der Waals surface area contributed by atoms with Crippen molar-refractivity contribution in [3.8, 4) is 0 Å². The van der Waals surface area contributed by atoms with Crippen LogP contribution in [0.1, 0.15) is 10.7 Å². The van der Waals surface area contributed by atoms with E-state index < -0.39 is 29.2 Å². The molecule has 0 aromatic carbocycles. The summed E-state index contributed by atoms with van der Waals surface area (Å²) < 4.78 is 53.0. The van der Waals surface area contributed by atoms with Gasteiger partial charge in [0.25, 0.3) is 11.9 Å². The van der Waals surface area contributed by atoms with Gasteiger partial charge in [0.2, 0.25) is 11.6 Å². The first-order chi connectivity index (χ1) is 8.90. The third-order valence-electron chi connectivity index (χ3n) is 2.42. The summed E-state index contributed by atoms with van der Waals surface area (Å²) in [5.74, 6) is -6.38. The zero-order valence-electron chi connectivity index (χ0n) is 10.0. The molecule has 3 nitrogen and oxygen atoms in total. The van der Waals surface area contributed by atoms with Gasteiger partial charge in [-0.15, -0.1) is 11.3 Å². The van der Waals surface area contributed by atoms with Crippen LogP contribution in [0, 0.1) is 30.5 Å². The molecule has 2 heterocycles. The van der Waals surface area contributed by atoms with Crippen LogP contribution in [-0.4, -0.2) is 17.0 Å². The lowest BCUT2D eigenvalue weighted by Gasteiger charge is -2.19. The molecule has 0 aliphatic heterocycles. The predicted molar refractivity (Wildman–Crippen MR) is 63.0 cm³/mol. The molecule has 0 saturated carbocycles. The first-order valence-corrected chi connectivity index (χ1v) is 6.10. The second-order valence-electron chi connectivity index (χ2n) is 3.88. The van der Waals surface area contributed by atoms with Crippen LogP contribution in [0.2, 0.25) is 0 Å². The molecule has 0 N–H and O–H groups in total. The van der Waals surface area contributed by atoms with Crippen molar-refractivity contribution in [2.45, 2.75) is 13.5 Å². The topological polar surface area (TPSA) is 29.0 Å². The van der Waals surface area contributed by atoms with E-state index in [2.05, 4.69) is 9.97 Å². The molecule has 0 aliphatic carbocycles. The fourth-order valence-corrected chi connectivity index (χ4v) is 2.22. The van der Waals surface area contributed by atoms with Crippen LogP contribution in [0.5, 0.6) is 0 Å². The summed E-state index contributed by atoms with van der Waals surface area (Å²) in [5, 5.41) is 2.49. The van der Waals surface area contributed by atoms with Crippen molar-refractivity contribution < 1.29 is 17.6 Å². The van der Waals surface area contributed by atoms with Crippen molar-refractivity contribution in [2.75, 3.05) is 11.9 Å². The van der Waals surface area contributed by atoms with Crippen molar-refractivity contribution in [1.29, 1.82) is 0 Å². The summed E-state index contributed by atoms with van der Waals surface area (Å²) in [6, 6.07) is 0. The van der Waals surface area contributed by atoms with Gasteiger partial charge in [0.05, 0.1) is 17.2 Å². The van der Waals surface area contributed by atoms with Crippen LogP contribution in [0.4, 0.5) is 23.2 Å². The summed E-state index contributed by atoms with van der Waals surface area (Å²) in [6.45, 7) is 1.81. The predicted octanol–water partition coefficient (Wildman–Crippen LogP) is 3.04. The number of aromatic nitrogens is 2. The van der Waals surface area contributed by atoms with E-state index in [1.807, 2.05) is 0 Å². The van der Waals surface area contributed by atoms with Crippen molar-refractivity contribution in [1.82, 2.24) is 9.97 Å². The van der Waals surface area contributed by atoms with Crippen LogP contribution in [0.15, 0.2) is 5.38 Å². The number of hydrogen-bond donors (Lipinski definition) is 0. The number of hydrogen-bond acceptors (Lipinski definition) is 4. The molecule has 0 atom stereocenters. The van der Waals surface area contributed by atoms with Crippen LogP contribution >= 0.6 is 11.3 Å². The molecule has 0 radical (unpaired) electrons. The molecule has 0 saturated heterocycles.